The van der Waals surface area contributed by atoms with E-state index < -0.39 is 11.9 Å². The second kappa shape index (κ2) is 9.16. The Morgan fingerprint density at radius 2 is 1.69 bits per heavy atom. The second-order valence-electron chi connectivity index (χ2n) is 5.93. The Morgan fingerprint density at radius 3 is 2.31 bits per heavy atom. The number of halogens is 2. The molecule has 2 N–H and O–H groups in total. The maximum atomic E-state index is 13.2. The number of hydrogen-bond acceptors (Lipinski definition) is 3. The van der Waals surface area contributed by atoms with Crippen molar-refractivity contribution in [2.24, 2.45) is 0 Å². The van der Waals surface area contributed by atoms with Gasteiger partial charge in [-0.1, -0.05) is 30.3 Å². The lowest BCUT2D eigenvalue weighted by molar-refractivity contribution is -0.132. The lowest BCUT2D eigenvalue weighted by atomic mass is 10.1. The third-order valence-corrected chi connectivity index (χ3v) is 4.45. The van der Waals surface area contributed by atoms with Gasteiger partial charge in [-0.15, -0.1) is 0 Å². The summed E-state index contributed by atoms with van der Waals surface area (Å²) >= 11 is 3.23. The molecule has 0 fully saturated rings. The number of aliphatic carboxylic acids is 1. The van der Waals surface area contributed by atoms with Gasteiger partial charge in [0.05, 0.1) is 4.47 Å². The molecule has 0 saturated carbocycles. The minimum Gasteiger partial charge on any atom is -0.477 e. The Bertz CT molecular complexity index is 1070. The number of carbonyl (C=O) groups is 2. The molecule has 0 spiro atoms. The van der Waals surface area contributed by atoms with Crippen LogP contribution in [0.4, 0.5) is 4.39 Å². The van der Waals surface area contributed by atoms with Crippen molar-refractivity contribution in [3.05, 3.63) is 99.9 Å². The Labute approximate surface area is 174 Å². The Morgan fingerprint density at radius 1 is 1.00 bits per heavy atom. The lowest BCUT2D eigenvalue weighted by Gasteiger charge is -2.09. The fourth-order valence-electron chi connectivity index (χ4n) is 2.42. The fourth-order valence-corrected chi connectivity index (χ4v) is 2.85. The SMILES string of the molecule is O=C(O)/C(=C\c1ccc(Oc2ccc(F)cc2Br)cc1)NC(=O)c1ccccc1. The topological polar surface area (TPSA) is 75.6 Å². The van der Waals surface area contributed by atoms with Crippen molar-refractivity contribution in [2.45, 2.75) is 0 Å². The van der Waals surface area contributed by atoms with Crippen molar-refractivity contribution in [3.8, 4) is 11.5 Å². The molecule has 0 bridgehead atoms. The number of carboxylic acids is 1. The number of benzene rings is 3. The molecule has 0 aliphatic rings. The predicted molar refractivity (Wildman–Crippen MR) is 110 cm³/mol. The first-order chi connectivity index (χ1) is 13.9. The first-order valence-corrected chi connectivity index (χ1v) is 9.26. The Kier molecular flexibility index (Phi) is 6.41. The van der Waals surface area contributed by atoms with Gasteiger partial charge in [0.1, 0.15) is 23.0 Å². The van der Waals surface area contributed by atoms with Crippen LogP contribution in [0.25, 0.3) is 6.08 Å². The number of hydrogen-bond donors (Lipinski definition) is 2. The number of ether oxygens (including phenoxy) is 1. The van der Waals surface area contributed by atoms with E-state index in [0.717, 1.165) is 0 Å². The number of amides is 1. The highest BCUT2D eigenvalue weighted by Crippen LogP contribution is 2.30. The third kappa shape index (κ3) is 5.52. The van der Waals surface area contributed by atoms with Crippen molar-refractivity contribution >= 4 is 33.9 Å². The second-order valence-corrected chi connectivity index (χ2v) is 6.78. The summed E-state index contributed by atoms with van der Waals surface area (Å²) in [4.78, 5) is 23.7. The van der Waals surface area contributed by atoms with Gasteiger partial charge in [0, 0.05) is 5.56 Å². The molecular formula is C22H15BrFNO4. The van der Waals surface area contributed by atoms with Crippen LogP contribution >= 0.6 is 15.9 Å². The zero-order chi connectivity index (χ0) is 20.8. The van der Waals surface area contributed by atoms with Crippen LogP contribution in [0, 0.1) is 5.82 Å². The zero-order valence-corrected chi connectivity index (χ0v) is 16.5. The van der Waals surface area contributed by atoms with Crippen LogP contribution < -0.4 is 10.1 Å². The average molecular weight is 456 g/mol. The molecule has 3 aromatic rings. The summed E-state index contributed by atoms with van der Waals surface area (Å²) in [6.07, 6.45) is 1.35. The van der Waals surface area contributed by atoms with Gasteiger partial charge in [-0.05, 0) is 70.0 Å². The van der Waals surface area contributed by atoms with Crippen molar-refractivity contribution in [1.29, 1.82) is 0 Å². The molecule has 0 aliphatic carbocycles. The molecule has 0 atom stereocenters. The maximum Gasteiger partial charge on any atom is 0.352 e. The minimum atomic E-state index is -1.26. The smallest absolute Gasteiger partial charge is 0.352 e. The lowest BCUT2D eigenvalue weighted by Crippen LogP contribution is -2.27. The molecule has 146 valence electrons. The monoisotopic (exact) mass is 455 g/mol. The van der Waals surface area contributed by atoms with Crippen LogP contribution in [0.5, 0.6) is 11.5 Å². The molecule has 0 aliphatic heterocycles. The standard InChI is InChI=1S/C22H15BrFNO4/c23-18-13-16(24)8-11-20(18)29-17-9-6-14(7-10-17)12-19(22(27)28)25-21(26)15-4-2-1-3-5-15/h1-13H,(H,25,26)(H,27,28)/b19-12+. The molecule has 0 aromatic heterocycles. The Hall–Kier alpha value is -3.45. The van der Waals surface area contributed by atoms with Gasteiger partial charge in [0.2, 0.25) is 0 Å². The van der Waals surface area contributed by atoms with Crippen molar-refractivity contribution in [2.75, 3.05) is 0 Å². The maximum absolute atomic E-state index is 13.2. The molecule has 0 saturated heterocycles. The highest BCUT2D eigenvalue weighted by atomic mass is 79.9. The van der Waals surface area contributed by atoms with Crippen LogP contribution in [0.15, 0.2) is 83.0 Å². The summed E-state index contributed by atoms with van der Waals surface area (Å²) in [5, 5.41) is 11.8. The average Bonchev–Trinajstić information content (AvgIpc) is 2.71. The van der Waals surface area contributed by atoms with Gasteiger partial charge in [0.15, 0.2) is 0 Å². The van der Waals surface area contributed by atoms with Gasteiger partial charge < -0.3 is 15.2 Å². The molecule has 5 nitrogen and oxygen atoms in total. The van der Waals surface area contributed by atoms with Gasteiger partial charge in [-0.25, -0.2) is 9.18 Å². The molecule has 3 aromatic carbocycles. The third-order valence-electron chi connectivity index (χ3n) is 3.83. The summed E-state index contributed by atoms with van der Waals surface area (Å²) < 4.78 is 19.3. The first-order valence-electron chi connectivity index (χ1n) is 8.47. The highest BCUT2D eigenvalue weighted by Gasteiger charge is 2.13. The molecule has 29 heavy (non-hydrogen) atoms. The number of carbonyl (C=O) groups excluding carboxylic acids is 1. The largest absolute Gasteiger partial charge is 0.477 e. The van der Waals surface area contributed by atoms with Crippen molar-refractivity contribution in [3.63, 3.8) is 0 Å². The molecular weight excluding hydrogens is 441 g/mol. The molecule has 3 rings (SSSR count). The van der Waals surface area contributed by atoms with E-state index in [2.05, 4.69) is 21.2 Å². The quantitative estimate of drug-likeness (QED) is 0.498. The van der Waals surface area contributed by atoms with Crippen LogP contribution in [0.3, 0.4) is 0 Å². The summed E-state index contributed by atoms with van der Waals surface area (Å²) in [6, 6.07) is 19.0. The minimum absolute atomic E-state index is 0.256. The van der Waals surface area contributed by atoms with Crippen molar-refractivity contribution in [1.82, 2.24) is 5.32 Å². The van der Waals surface area contributed by atoms with E-state index >= 15 is 0 Å². The van der Waals surface area contributed by atoms with E-state index in [1.165, 1.54) is 24.3 Å². The zero-order valence-electron chi connectivity index (χ0n) is 14.9. The summed E-state index contributed by atoms with van der Waals surface area (Å²) in [7, 11) is 0. The van der Waals surface area contributed by atoms with E-state index in [0.29, 0.717) is 27.1 Å². The number of carboxylic acid groups (broad SMARTS) is 1. The summed E-state index contributed by atoms with van der Waals surface area (Å²) in [5.41, 5.74) is 0.656. The molecule has 0 radical (unpaired) electrons. The van der Waals surface area contributed by atoms with Crippen LogP contribution in [0.1, 0.15) is 15.9 Å². The summed E-state index contributed by atoms with van der Waals surface area (Å²) in [6.45, 7) is 0. The van der Waals surface area contributed by atoms with Gasteiger partial charge >= 0.3 is 5.97 Å². The normalized spacial score (nSPS) is 11.0. The predicted octanol–water partition coefficient (Wildman–Crippen LogP) is 5.24. The van der Waals surface area contributed by atoms with E-state index in [-0.39, 0.29) is 11.5 Å². The molecule has 0 heterocycles. The molecule has 0 unspecified atom stereocenters. The Balaban J connectivity index is 1.75. The number of nitrogens with one attached hydrogen (secondary N) is 1. The number of rotatable bonds is 6. The van der Waals surface area contributed by atoms with Crippen LogP contribution in [-0.2, 0) is 4.79 Å². The van der Waals surface area contributed by atoms with E-state index in [4.69, 9.17) is 4.74 Å². The highest BCUT2D eigenvalue weighted by molar-refractivity contribution is 9.10. The van der Waals surface area contributed by atoms with Crippen molar-refractivity contribution < 1.29 is 23.8 Å². The molecule has 7 heteroatoms. The van der Waals surface area contributed by atoms with Crippen LogP contribution in [0.2, 0.25) is 0 Å². The van der Waals surface area contributed by atoms with E-state index in [9.17, 15) is 19.1 Å². The summed E-state index contributed by atoms with van der Waals surface area (Å²) in [5.74, 6) is -1.23. The van der Waals surface area contributed by atoms with E-state index in [1.807, 2.05) is 0 Å². The fraction of sp³-hybridized carbons (Fsp3) is 0. The van der Waals surface area contributed by atoms with E-state index in [1.54, 1.807) is 54.6 Å². The van der Waals surface area contributed by atoms with Crippen LogP contribution in [-0.4, -0.2) is 17.0 Å². The van der Waals surface area contributed by atoms with Gasteiger partial charge in [-0.3, -0.25) is 4.79 Å². The van der Waals surface area contributed by atoms with Gasteiger partial charge in [0.25, 0.3) is 5.91 Å². The van der Waals surface area contributed by atoms with Gasteiger partial charge in [-0.2, -0.15) is 0 Å². The first kappa shape index (κ1) is 20.3. The molecule has 1 amide bonds.